The molecule has 0 bridgehead atoms. The van der Waals surface area contributed by atoms with Gasteiger partial charge in [0, 0.05) is 0 Å². The molecule has 1 unspecified atom stereocenters. The summed E-state index contributed by atoms with van der Waals surface area (Å²) in [5.74, 6) is -0.688. The van der Waals surface area contributed by atoms with Gasteiger partial charge in [-0.3, -0.25) is 4.79 Å². The first-order chi connectivity index (χ1) is 8.89. The molecule has 0 aliphatic heterocycles. The lowest BCUT2D eigenvalue weighted by Gasteiger charge is -2.22. The first-order valence-corrected chi connectivity index (χ1v) is 6.30. The maximum atomic E-state index is 12.9. The van der Waals surface area contributed by atoms with E-state index < -0.39 is 11.5 Å². The lowest BCUT2D eigenvalue weighted by atomic mass is 9.92. The highest BCUT2D eigenvalue weighted by Gasteiger charge is 2.30. The molecule has 1 aromatic rings. The van der Waals surface area contributed by atoms with Crippen molar-refractivity contribution in [2.45, 2.75) is 38.6 Å². The summed E-state index contributed by atoms with van der Waals surface area (Å²) in [6, 6.07) is 4.29. The van der Waals surface area contributed by atoms with E-state index in [1.165, 1.54) is 12.1 Å². The molecule has 0 aliphatic carbocycles. The molecule has 0 aliphatic rings. The minimum absolute atomic E-state index is 0.303. The second kappa shape index (κ2) is 6.52. The third kappa shape index (κ3) is 4.21. The Morgan fingerprint density at radius 3 is 2.74 bits per heavy atom. The summed E-state index contributed by atoms with van der Waals surface area (Å²) < 4.78 is 18.4. The largest absolute Gasteiger partial charge is 0.493 e. The predicted molar refractivity (Wildman–Crippen MR) is 70.7 cm³/mol. The molecule has 1 rings (SSSR count). The minimum atomic E-state index is -1.19. The second-order valence-corrected chi connectivity index (χ2v) is 4.68. The number of carboxylic acid groups (broad SMARTS) is 1. The van der Waals surface area contributed by atoms with Gasteiger partial charge in [0.25, 0.3) is 0 Å². The predicted octanol–water partition coefficient (Wildman–Crippen LogP) is 2.49. The van der Waals surface area contributed by atoms with Crippen molar-refractivity contribution in [3.63, 3.8) is 0 Å². The standard InChI is InChI=1S/C14H20FNO3/c1-3-14(16,13(17)18)7-4-8-19-12-6-5-11(15)9-10(12)2/h5-6,9H,3-4,7-8,16H2,1-2H3,(H,17,18). The van der Waals surface area contributed by atoms with E-state index in [4.69, 9.17) is 15.6 Å². The zero-order valence-corrected chi connectivity index (χ0v) is 11.3. The van der Waals surface area contributed by atoms with Gasteiger partial charge in [0.2, 0.25) is 0 Å². The van der Waals surface area contributed by atoms with Crippen LogP contribution < -0.4 is 10.5 Å². The first-order valence-electron chi connectivity index (χ1n) is 6.30. The summed E-state index contributed by atoms with van der Waals surface area (Å²) in [4.78, 5) is 11.0. The fraction of sp³-hybridized carbons (Fsp3) is 0.500. The maximum Gasteiger partial charge on any atom is 0.323 e. The van der Waals surface area contributed by atoms with Crippen LogP contribution in [0.4, 0.5) is 4.39 Å². The highest BCUT2D eigenvalue weighted by molar-refractivity contribution is 5.78. The number of rotatable bonds is 7. The monoisotopic (exact) mass is 269 g/mol. The number of carbonyl (C=O) groups is 1. The van der Waals surface area contributed by atoms with Gasteiger partial charge in [0.05, 0.1) is 6.61 Å². The molecule has 0 aromatic heterocycles. The van der Waals surface area contributed by atoms with Crippen LogP contribution in [0.1, 0.15) is 31.7 Å². The van der Waals surface area contributed by atoms with E-state index in [1.54, 1.807) is 19.9 Å². The van der Waals surface area contributed by atoms with E-state index in [-0.39, 0.29) is 5.82 Å². The number of benzene rings is 1. The Hall–Kier alpha value is -1.62. The maximum absolute atomic E-state index is 12.9. The van der Waals surface area contributed by atoms with Gasteiger partial charge in [-0.15, -0.1) is 0 Å². The van der Waals surface area contributed by atoms with Crippen LogP contribution >= 0.6 is 0 Å². The van der Waals surface area contributed by atoms with Gasteiger partial charge in [-0.05, 0) is 49.9 Å². The van der Waals surface area contributed by atoms with E-state index in [2.05, 4.69) is 0 Å². The topological polar surface area (TPSA) is 72.5 Å². The number of carboxylic acids is 1. The molecule has 0 spiro atoms. The third-order valence-electron chi connectivity index (χ3n) is 3.22. The summed E-state index contributed by atoms with van der Waals surface area (Å²) in [5, 5.41) is 9.02. The van der Waals surface area contributed by atoms with E-state index in [1.807, 2.05) is 0 Å². The van der Waals surface area contributed by atoms with Crippen molar-refractivity contribution in [3.05, 3.63) is 29.6 Å². The quantitative estimate of drug-likeness (QED) is 0.746. The zero-order valence-electron chi connectivity index (χ0n) is 11.3. The van der Waals surface area contributed by atoms with Crippen molar-refractivity contribution in [2.75, 3.05) is 6.61 Å². The highest BCUT2D eigenvalue weighted by Crippen LogP contribution is 2.20. The fourth-order valence-corrected chi connectivity index (χ4v) is 1.78. The molecule has 5 heteroatoms. The van der Waals surface area contributed by atoms with Crippen molar-refractivity contribution in [3.8, 4) is 5.75 Å². The van der Waals surface area contributed by atoms with E-state index in [0.29, 0.717) is 37.2 Å². The molecule has 106 valence electrons. The van der Waals surface area contributed by atoms with Crippen molar-refractivity contribution >= 4 is 5.97 Å². The lowest BCUT2D eigenvalue weighted by Crippen LogP contribution is -2.47. The summed E-state index contributed by atoms with van der Waals surface area (Å²) in [6.07, 6.45) is 1.25. The normalized spacial score (nSPS) is 13.9. The number of halogens is 1. The minimum Gasteiger partial charge on any atom is -0.493 e. The Bertz CT molecular complexity index is 450. The molecule has 0 heterocycles. The molecule has 3 N–H and O–H groups in total. The van der Waals surface area contributed by atoms with E-state index >= 15 is 0 Å². The van der Waals surface area contributed by atoms with Gasteiger partial charge in [0.1, 0.15) is 17.1 Å². The van der Waals surface area contributed by atoms with Crippen LogP contribution in [0.5, 0.6) is 5.75 Å². The van der Waals surface area contributed by atoms with Crippen LogP contribution in [0, 0.1) is 12.7 Å². The summed E-state index contributed by atoms with van der Waals surface area (Å²) in [7, 11) is 0. The number of aliphatic carboxylic acids is 1. The van der Waals surface area contributed by atoms with Gasteiger partial charge < -0.3 is 15.6 Å². The number of ether oxygens (including phenoxy) is 1. The molecule has 0 amide bonds. The van der Waals surface area contributed by atoms with E-state index in [9.17, 15) is 9.18 Å². The molecule has 4 nitrogen and oxygen atoms in total. The van der Waals surface area contributed by atoms with Crippen LogP contribution in [0.2, 0.25) is 0 Å². The van der Waals surface area contributed by atoms with Crippen LogP contribution in [-0.4, -0.2) is 23.2 Å². The van der Waals surface area contributed by atoms with Crippen molar-refractivity contribution in [1.82, 2.24) is 0 Å². The van der Waals surface area contributed by atoms with Crippen LogP contribution in [0.25, 0.3) is 0 Å². The second-order valence-electron chi connectivity index (χ2n) is 4.68. The van der Waals surface area contributed by atoms with Gasteiger partial charge in [-0.2, -0.15) is 0 Å². The molecule has 1 aromatic carbocycles. The molecule has 1 atom stereocenters. The Kier molecular flexibility index (Phi) is 5.30. The fourth-order valence-electron chi connectivity index (χ4n) is 1.78. The molecule has 0 saturated carbocycles. The summed E-state index contributed by atoms with van der Waals surface area (Å²) in [6.45, 7) is 3.87. The van der Waals surface area contributed by atoms with Gasteiger partial charge >= 0.3 is 5.97 Å². The number of nitrogens with two attached hydrogens (primary N) is 1. The van der Waals surface area contributed by atoms with Crippen LogP contribution in [0.15, 0.2) is 18.2 Å². The first kappa shape index (κ1) is 15.4. The number of aryl methyl sites for hydroxylation is 1. The molecule has 0 fully saturated rings. The van der Waals surface area contributed by atoms with Crippen molar-refractivity contribution in [2.24, 2.45) is 5.73 Å². The van der Waals surface area contributed by atoms with Gasteiger partial charge in [-0.25, -0.2) is 4.39 Å². The smallest absolute Gasteiger partial charge is 0.323 e. The number of hydrogen-bond donors (Lipinski definition) is 2. The third-order valence-corrected chi connectivity index (χ3v) is 3.22. The Balaban J connectivity index is 2.45. The zero-order chi connectivity index (χ0) is 14.5. The molecule has 0 saturated heterocycles. The van der Waals surface area contributed by atoms with Crippen LogP contribution in [0.3, 0.4) is 0 Å². The van der Waals surface area contributed by atoms with Gasteiger partial charge in [-0.1, -0.05) is 6.92 Å². The SMILES string of the molecule is CCC(N)(CCCOc1ccc(F)cc1C)C(=O)O. The van der Waals surface area contributed by atoms with Gasteiger partial charge in [0.15, 0.2) is 0 Å². The average molecular weight is 269 g/mol. The van der Waals surface area contributed by atoms with Crippen molar-refractivity contribution < 1.29 is 19.0 Å². The lowest BCUT2D eigenvalue weighted by molar-refractivity contribution is -0.143. The van der Waals surface area contributed by atoms with Crippen molar-refractivity contribution in [1.29, 1.82) is 0 Å². The highest BCUT2D eigenvalue weighted by atomic mass is 19.1. The molecular formula is C14H20FNO3. The molecular weight excluding hydrogens is 249 g/mol. The Labute approximate surface area is 112 Å². The Morgan fingerprint density at radius 2 is 2.21 bits per heavy atom. The Morgan fingerprint density at radius 1 is 1.53 bits per heavy atom. The summed E-state index contributed by atoms with van der Waals surface area (Å²) >= 11 is 0. The molecule has 0 radical (unpaired) electrons. The summed E-state index contributed by atoms with van der Waals surface area (Å²) in [5.41, 5.74) is 5.29. The van der Waals surface area contributed by atoms with E-state index in [0.717, 1.165) is 0 Å². The average Bonchev–Trinajstić information content (AvgIpc) is 2.36. The molecule has 19 heavy (non-hydrogen) atoms. The van der Waals surface area contributed by atoms with Crippen LogP contribution in [-0.2, 0) is 4.79 Å². The number of hydrogen-bond acceptors (Lipinski definition) is 3.